The Kier molecular flexibility index (Phi) is 7.60. The third-order valence-electron chi connectivity index (χ3n) is 6.78. The van der Waals surface area contributed by atoms with E-state index in [0.29, 0.717) is 45.9 Å². The zero-order chi connectivity index (χ0) is 28.4. The van der Waals surface area contributed by atoms with Crippen LogP contribution in [0.1, 0.15) is 44.8 Å². The van der Waals surface area contributed by atoms with Gasteiger partial charge in [-0.25, -0.2) is 4.98 Å². The lowest BCUT2D eigenvalue weighted by atomic mass is 10.1. The Bertz CT molecular complexity index is 1660. The van der Waals surface area contributed by atoms with Gasteiger partial charge in [0, 0.05) is 25.7 Å². The molecule has 1 atom stereocenters. The van der Waals surface area contributed by atoms with Crippen LogP contribution in [0.4, 0.5) is 19.1 Å². The monoisotopic (exact) mass is 566 g/mol. The number of thiophene rings is 1. The largest absolute Gasteiger partial charge is 0.416 e. The van der Waals surface area contributed by atoms with E-state index in [1.54, 1.807) is 30.3 Å². The Morgan fingerprint density at radius 1 is 1.20 bits per heavy atom. The number of amides is 1. The zero-order valence-electron chi connectivity index (χ0n) is 21.2. The minimum atomic E-state index is -4.44. The molecule has 4 aromatic rings. The summed E-state index contributed by atoms with van der Waals surface area (Å²) in [7, 11) is 0. The Labute approximate surface area is 231 Å². The smallest absolute Gasteiger partial charge is 0.347 e. The lowest BCUT2D eigenvalue weighted by Gasteiger charge is -2.33. The number of carbonyl (C=O) groups is 1. The van der Waals surface area contributed by atoms with Crippen molar-refractivity contribution < 1.29 is 18.0 Å². The first-order valence-electron chi connectivity index (χ1n) is 12.6. The summed E-state index contributed by atoms with van der Waals surface area (Å²) in [6.45, 7) is 1.32. The van der Waals surface area contributed by atoms with Gasteiger partial charge in [0.15, 0.2) is 0 Å². The molecular weight excluding hydrogens is 541 g/mol. The number of hydrogen-bond acceptors (Lipinski definition) is 7. The number of nitrogens with two attached hydrogens (primary N) is 1. The van der Waals surface area contributed by atoms with Crippen molar-refractivity contribution in [2.75, 3.05) is 18.0 Å². The Morgan fingerprint density at radius 3 is 2.65 bits per heavy atom. The van der Waals surface area contributed by atoms with Crippen LogP contribution in [0.2, 0.25) is 0 Å². The van der Waals surface area contributed by atoms with Crippen LogP contribution in [-0.4, -0.2) is 34.6 Å². The molecular formula is C28H25F3N6O2S. The van der Waals surface area contributed by atoms with Gasteiger partial charge < -0.3 is 16.0 Å². The van der Waals surface area contributed by atoms with Crippen molar-refractivity contribution in [1.29, 1.82) is 5.26 Å². The zero-order valence-corrected chi connectivity index (χ0v) is 22.1. The van der Waals surface area contributed by atoms with E-state index in [-0.39, 0.29) is 29.6 Å². The van der Waals surface area contributed by atoms with E-state index in [9.17, 15) is 28.0 Å². The number of nitriles is 1. The second-order valence-corrected chi connectivity index (χ2v) is 10.7. The molecule has 0 saturated carbocycles. The standard InChI is InChI=1S/C28H25F3N6O2S/c29-28(30,31)20-9-7-17(8-10-20)14-34-25(38)23-12-22-24(40-23)26(39)37(15-19-5-2-1-4-18(19)13-32)27(35-22)36-11-3-6-21(33)16-36/h1-2,4-5,7-10,12,21H,3,6,11,14-16,33H2,(H,34,38). The Hall–Kier alpha value is -4.21. The molecule has 0 aliphatic carbocycles. The van der Waals surface area contributed by atoms with Crippen LogP contribution in [-0.2, 0) is 19.3 Å². The highest BCUT2D eigenvalue weighted by Crippen LogP contribution is 2.29. The molecule has 0 bridgehead atoms. The summed E-state index contributed by atoms with van der Waals surface area (Å²) in [5.41, 5.74) is 7.10. The van der Waals surface area contributed by atoms with Gasteiger partial charge in [0.1, 0.15) is 4.70 Å². The summed E-state index contributed by atoms with van der Waals surface area (Å²) in [6.07, 6.45) is -2.74. The first-order chi connectivity index (χ1) is 19.1. The number of nitrogens with one attached hydrogen (secondary N) is 1. The topological polar surface area (TPSA) is 117 Å². The van der Waals surface area contributed by atoms with Crippen LogP contribution in [0.3, 0.4) is 0 Å². The van der Waals surface area contributed by atoms with Gasteiger partial charge in [-0.2, -0.15) is 18.4 Å². The van der Waals surface area contributed by atoms with Crippen LogP contribution >= 0.6 is 11.3 Å². The van der Waals surface area contributed by atoms with Gasteiger partial charge in [-0.05, 0) is 48.2 Å². The molecule has 1 fully saturated rings. The number of alkyl halides is 3. The van der Waals surface area contributed by atoms with Crippen LogP contribution < -0.4 is 21.5 Å². The molecule has 0 spiro atoms. The Balaban J connectivity index is 1.46. The van der Waals surface area contributed by atoms with E-state index >= 15 is 0 Å². The number of halogens is 3. The predicted octanol–water partition coefficient (Wildman–Crippen LogP) is 4.25. The van der Waals surface area contributed by atoms with Crippen LogP contribution in [0.25, 0.3) is 10.2 Å². The van der Waals surface area contributed by atoms with E-state index in [0.717, 1.165) is 36.3 Å². The summed E-state index contributed by atoms with van der Waals surface area (Å²) in [5, 5.41) is 12.3. The number of hydrogen-bond donors (Lipinski definition) is 2. The highest BCUT2D eigenvalue weighted by Gasteiger charge is 2.30. The van der Waals surface area contributed by atoms with Gasteiger partial charge >= 0.3 is 6.18 Å². The highest BCUT2D eigenvalue weighted by molar-refractivity contribution is 7.20. The molecule has 2 aromatic carbocycles. The number of fused-ring (bicyclic) bond motifs is 1. The highest BCUT2D eigenvalue weighted by atomic mass is 32.1. The second-order valence-electron chi connectivity index (χ2n) is 9.62. The minimum Gasteiger partial charge on any atom is -0.347 e. The molecule has 12 heteroatoms. The molecule has 1 unspecified atom stereocenters. The number of carbonyl (C=O) groups excluding carboxylic acids is 1. The molecule has 2 aromatic heterocycles. The van der Waals surface area contributed by atoms with Gasteiger partial charge in [-0.1, -0.05) is 30.3 Å². The summed E-state index contributed by atoms with van der Waals surface area (Å²) < 4.78 is 40.3. The van der Waals surface area contributed by atoms with Crippen LogP contribution in [0.5, 0.6) is 0 Å². The number of piperidine rings is 1. The number of aromatic nitrogens is 2. The predicted molar refractivity (Wildman–Crippen MR) is 146 cm³/mol. The van der Waals surface area contributed by atoms with Gasteiger partial charge in [0.05, 0.1) is 34.1 Å². The van der Waals surface area contributed by atoms with Crippen molar-refractivity contribution in [3.63, 3.8) is 0 Å². The molecule has 3 N–H and O–H groups in total. The quantitative estimate of drug-likeness (QED) is 0.360. The fourth-order valence-corrected chi connectivity index (χ4v) is 5.67. The summed E-state index contributed by atoms with van der Waals surface area (Å²) in [5.74, 6) is -0.0416. The molecule has 40 heavy (non-hydrogen) atoms. The van der Waals surface area contributed by atoms with Crippen LogP contribution in [0, 0.1) is 11.3 Å². The molecule has 8 nitrogen and oxygen atoms in total. The van der Waals surface area contributed by atoms with Gasteiger partial charge in [0.2, 0.25) is 5.95 Å². The summed E-state index contributed by atoms with van der Waals surface area (Å²) in [4.78, 5) is 33.7. The van der Waals surface area contributed by atoms with Crippen molar-refractivity contribution in [1.82, 2.24) is 14.9 Å². The number of anilines is 1. The van der Waals surface area contributed by atoms with Crippen molar-refractivity contribution >= 4 is 33.4 Å². The van der Waals surface area contributed by atoms with Gasteiger partial charge in [0.25, 0.3) is 11.5 Å². The lowest BCUT2D eigenvalue weighted by molar-refractivity contribution is -0.137. The maximum atomic E-state index is 13.8. The average molecular weight is 567 g/mol. The van der Waals surface area contributed by atoms with E-state index < -0.39 is 17.6 Å². The molecule has 206 valence electrons. The molecule has 1 saturated heterocycles. The van der Waals surface area contributed by atoms with Crippen molar-refractivity contribution in [2.24, 2.45) is 5.73 Å². The third-order valence-corrected chi connectivity index (χ3v) is 7.89. The van der Waals surface area contributed by atoms with Crippen molar-refractivity contribution in [3.8, 4) is 6.07 Å². The molecule has 1 aliphatic heterocycles. The third kappa shape index (κ3) is 5.71. The Morgan fingerprint density at radius 2 is 1.95 bits per heavy atom. The maximum absolute atomic E-state index is 13.8. The fourth-order valence-electron chi connectivity index (χ4n) is 4.71. The van der Waals surface area contributed by atoms with E-state index in [1.807, 2.05) is 4.90 Å². The molecule has 5 rings (SSSR count). The van der Waals surface area contributed by atoms with E-state index in [2.05, 4.69) is 11.4 Å². The van der Waals surface area contributed by atoms with Crippen molar-refractivity contribution in [3.05, 3.63) is 92.1 Å². The first-order valence-corrected chi connectivity index (χ1v) is 13.4. The lowest BCUT2D eigenvalue weighted by Crippen LogP contribution is -2.45. The molecule has 3 heterocycles. The normalized spacial score (nSPS) is 15.7. The maximum Gasteiger partial charge on any atom is 0.416 e. The van der Waals surface area contributed by atoms with Gasteiger partial charge in [-0.15, -0.1) is 11.3 Å². The van der Waals surface area contributed by atoms with Crippen LogP contribution in [0.15, 0.2) is 59.4 Å². The van der Waals surface area contributed by atoms with Crippen molar-refractivity contribution in [2.45, 2.75) is 38.1 Å². The number of benzene rings is 2. The van der Waals surface area contributed by atoms with E-state index in [4.69, 9.17) is 10.7 Å². The fraction of sp³-hybridized carbons (Fsp3) is 0.286. The average Bonchev–Trinajstić information content (AvgIpc) is 3.38. The number of nitrogens with zero attached hydrogens (tertiary/aromatic N) is 4. The molecule has 1 aliphatic rings. The second kappa shape index (κ2) is 11.1. The summed E-state index contributed by atoms with van der Waals surface area (Å²) >= 11 is 0.999. The van der Waals surface area contributed by atoms with Gasteiger partial charge in [-0.3, -0.25) is 14.2 Å². The summed E-state index contributed by atoms with van der Waals surface area (Å²) in [6, 6.07) is 15.2. The number of rotatable bonds is 6. The van der Waals surface area contributed by atoms with E-state index in [1.165, 1.54) is 16.7 Å². The molecule has 1 amide bonds. The first kappa shape index (κ1) is 27.4. The minimum absolute atomic E-state index is 0.0186. The SMILES string of the molecule is N#Cc1ccccc1Cn1c(N2CCCC(N)C2)nc2cc(C(=O)NCc3ccc(C(F)(F)F)cc3)sc2c1=O. The molecule has 0 radical (unpaired) electrons.